The lowest BCUT2D eigenvalue weighted by Gasteiger charge is -2.24. The topological polar surface area (TPSA) is 62.6 Å². The molecule has 1 unspecified atom stereocenters. The number of benzene rings is 1. The molecule has 0 radical (unpaired) electrons. The molecule has 7 heteroatoms. The highest BCUT2D eigenvalue weighted by Crippen LogP contribution is 2.17. The van der Waals surface area contributed by atoms with Gasteiger partial charge in [0, 0.05) is 11.6 Å². The molecule has 1 aromatic carbocycles. The Balaban J connectivity index is 1.91. The van der Waals surface area contributed by atoms with Crippen LogP contribution in [0, 0.1) is 11.6 Å². The van der Waals surface area contributed by atoms with Crippen LogP contribution >= 0.6 is 0 Å². The van der Waals surface area contributed by atoms with Crippen molar-refractivity contribution >= 4 is 11.8 Å². The molecule has 5 nitrogen and oxygen atoms in total. The van der Waals surface area contributed by atoms with E-state index >= 15 is 0 Å². The van der Waals surface area contributed by atoms with E-state index in [4.69, 9.17) is 0 Å². The van der Waals surface area contributed by atoms with Gasteiger partial charge in [0.05, 0.1) is 19.1 Å². The molecule has 2 amide bonds. The van der Waals surface area contributed by atoms with Crippen LogP contribution in [0.4, 0.5) is 8.78 Å². The highest BCUT2D eigenvalue weighted by Gasteiger charge is 2.23. The summed E-state index contributed by atoms with van der Waals surface area (Å²) in [4.78, 5) is 24.0. The monoisotopic (exact) mass is 298 g/mol. The Kier molecular flexibility index (Phi) is 4.85. The van der Waals surface area contributed by atoms with Crippen LogP contribution in [0.2, 0.25) is 0 Å². The quantitative estimate of drug-likeness (QED) is 0.678. The number of amides is 2. The standard InChI is InChI=1S/C14H17F2N3O2/c1-9(11-3-2-10(15)6-12(11)16)18-14(21)8-19-5-4-17-13(20)7-19/h2-3,6,9H,4-5,7-8H2,1H3,(H,17,20)(H,18,21)/p+1/t9-/m0/s1. The number of rotatable bonds is 4. The van der Waals surface area contributed by atoms with Gasteiger partial charge in [-0.3, -0.25) is 9.59 Å². The molecule has 1 saturated heterocycles. The van der Waals surface area contributed by atoms with E-state index in [9.17, 15) is 18.4 Å². The van der Waals surface area contributed by atoms with Crippen molar-refractivity contribution in [2.24, 2.45) is 0 Å². The van der Waals surface area contributed by atoms with E-state index in [1.807, 2.05) is 0 Å². The van der Waals surface area contributed by atoms with Crippen molar-refractivity contribution in [1.29, 1.82) is 0 Å². The zero-order valence-corrected chi connectivity index (χ0v) is 11.7. The predicted molar refractivity (Wildman–Crippen MR) is 71.5 cm³/mol. The molecule has 114 valence electrons. The van der Waals surface area contributed by atoms with Crippen molar-refractivity contribution in [3.63, 3.8) is 0 Å². The van der Waals surface area contributed by atoms with Gasteiger partial charge in [0.25, 0.3) is 11.8 Å². The van der Waals surface area contributed by atoms with E-state index in [0.29, 0.717) is 13.1 Å². The normalized spacial score (nSPS) is 19.8. The maximum atomic E-state index is 13.6. The van der Waals surface area contributed by atoms with Crippen molar-refractivity contribution in [1.82, 2.24) is 10.6 Å². The van der Waals surface area contributed by atoms with Crippen LogP contribution in [0.25, 0.3) is 0 Å². The summed E-state index contributed by atoms with van der Waals surface area (Å²) in [5.74, 6) is -1.69. The Morgan fingerprint density at radius 2 is 2.24 bits per heavy atom. The van der Waals surface area contributed by atoms with E-state index in [1.54, 1.807) is 6.92 Å². The first kappa shape index (κ1) is 15.4. The Morgan fingerprint density at radius 3 is 2.90 bits per heavy atom. The van der Waals surface area contributed by atoms with Gasteiger partial charge in [-0.05, 0) is 13.0 Å². The number of piperazine rings is 1. The summed E-state index contributed by atoms with van der Waals surface area (Å²) < 4.78 is 26.5. The fraction of sp³-hybridized carbons (Fsp3) is 0.429. The van der Waals surface area contributed by atoms with Gasteiger partial charge in [-0.2, -0.15) is 0 Å². The summed E-state index contributed by atoms with van der Waals surface area (Å²) in [6, 6.07) is 2.70. The third kappa shape index (κ3) is 4.22. The zero-order chi connectivity index (χ0) is 15.4. The first-order chi connectivity index (χ1) is 9.95. The Morgan fingerprint density at radius 1 is 1.48 bits per heavy atom. The first-order valence-corrected chi connectivity index (χ1v) is 6.80. The van der Waals surface area contributed by atoms with Gasteiger partial charge < -0.3 is 15.5 Å². The van der Waals surface area contributed by atoms with E-state index in [1.165, 1.54) is 6.07 Å². The highest BCUT2D eigenvalue weighted by atomic mass is 19.1. The Labute approximate surface area is 121 Å². The summed E-state index contributed by atoms with van der Waals surface area (Å²) in [6.45, 7) is 3.27. The van der Waals surface area contributed by atoms with Crippen molar-refractivity contribution in [2.75, 3.05) is 26.2 Å². The Bertz CT molecular complexity index is 551. The van der Waals surface area contributed by atoms with Crippen LogP contribution in [0.5, 0.6) is 0 Å². The lowest BCUT2D eigenvalue weighted by Crippen LogP contribution is -3.16. The minimum atomic E-state index is -0.688. The van der Waals surface area contributed by atoms with E-state index < -0.39 is 17.7 Å². The second kappa shape index (κ2) is 6.62. The maximum absolute atomic E-state index is 13.6. The zero-order valence-electron chi connectivity index (χ0n) is 11.7. The second-order valence-corrected chi connectivity index (χ2v) is 5.16. The molecule has 1 heterocycles. The van der Waals surface area contributed by atoms with Gasteiger partial charge in [-0.15, -0.1) is 0 Å². The van der Waals surface area contributed by atoms with Crippen molar-refractivity contribution < 1.29 is 23.3 Å². The molecule has 3 N–H and O–H groups in total. The molecule has 0 aromatic heterocycles. The average molecular weight is 298 g/mol. The third-order valence-electron chi connectivity index (χ3n) is 3.43. The summed E-state index contributed by atoms with van der Waals surface area (Å²) in [5, 5.41) is 5.35. The maximum Gasteiger partial charge on any atom is 0.275 e. The van der Waals surface area contributed by atoms with E-state index in [-0.39, 0.29) is 30.5 Å². The molecule has 0 saturated carbocycles. The molecule has 0 spiro atoms. The van der Waals surface area contributed by atoms with Crippen LogP contribution in [0.3, 0.4) is 0 Å². The van der Waals surface area contributed by atoms with Gasteiger partial charge in [0.15, 0.2) is 13.1 Å². The van der Waals surface area contributed by atoms with E-state index in [0.717, 1.165) is 17.0 Å². The lowest BCUT2D eigenvalue weighted by atomic mass is 10.1. The summed E-state index contributed by atoms with van der Waals surface area (Å²) in [6.07, 6.45) is 0. The number of carbonyl (C=O) groups is 2. The summed E-state index contributed by atoms with van der Waals surface area (Å²) in [5.41, 5.74) is 0.233. The van der Waals surface area contributed by atoms with Gasteiger partial charge in [0.1, 0.15) is 11.6 Å². The summed E-state index contributed by atoms with van der Waals surface area (Å²) in [7, 11) is 0. The van der Waals surface area contributed by atoms with Crippen LogP contribution in [0.1, 0.15) is 18.5 Å². The molecule has 0 bridgehead atoms. The number of nitrogens with one attached hydrogen (secondary N) is 3. The number of hydrogen-bond acceptors (Lipinski definition) is 2. The SMILES string of the molecule is C[C@H](NC(=O)C[NH+]1CCNC(=O)C1)c1ccc(F)cc1F. The molecule has 2 rings (SSSR count). The van der Waals surface area contributed by atoms with Crippen molar-refractivity contribution in [3.05, 3.63) is 35.4 Å². The lowest BCUT2D eigenvalue weighted by molar-refractivity contribution is -0.885. The second-order valence-electron chi connectivity index (χ2n) is 5.16. The smallest absolute Gasteiger partial charge is 0.275 e. The highest BCUT2D eigenvalue weighted by molar-refractivity contribution is 5.79. The van der Waals surface area contributed by atoms with Crippen LogP contribution in [0.15, 0.2) is 18.2 Å². The molecule has 1 aromatic rings. The third-order valence-corrected chi connectivity index (χ3v) is 3.43. The predicted octanol–water partition coefficient (Wildman–Crippen LogP) is -0.843. The first-order valence-electron chi connectivity index (χ1n) is 6.80. The largest absolute Gasteiger partial charge is 0.346 e. The fourth-order valence-electron chi connectivity index (χ4n) is 2.36. The van der Waals surface area contributed by atoms with E-state index in [2.05, 4.69) is 10.6 Å². The summed E-state index contributed by atoms with van der Waals surface area (Å²) >= 11 is 0. The molecule has 1 aliphatic rings. The number of carbonyl (C=O) groups excluding carboxylic acids is 2. The minimum Gasteiger partial charge on any atom is -0.346 e. The molecule has 1 aliphatic heterocycles. The van der Waals surface area contributed by atoms with Crippen LogP contribution in [-0.4, -0.2) is 38.0 Å². The van der Waals surface area contributed by atoms with Crippen molar-refractivity contribution in [2.45, 2.75) is 13.0 Å². The van der Waals surface area contributed by atoms with Crippen LogP contribution in [-0.2, 0) is 9.59 Å². The van der Waals surface area contributed by atoms with Gasteiger partial charge in [-0.25, -0.2) is 8.78 Å². The molecule has 1 fully saturated rings. The number of quaternary nitrogens is 1. The molecular weight excluding hydrogens is 280 g/mol. The number of halogens is 2. The molecule has 2 atom stereocenters. The fourth-order valence-corrected chi connectivity index (χ4v) is 2.36. The van der Waals surface area contributed by atoms with Gasteiger partial charge in [0.2, 0.25) is 0 Å². The molecule has 21 heavy (non-hydrogen) atoms. The molecular formula is C14H18F2N3O2+. The van der Waals surface area contributed by atoms with Crippen molar-refractivity contribution in [3.8, 4) is 0 Å². The minimum absolute atomic E-state index is 0.0818. The van der Waals surface area contributed by atoms with Gasteiger partial charge in [-0.1, -0.05) is 6.07 Å². The average Bonchev–Trinajstić information content (AvgIpc) is 2.38. The molecule has 0 aliphatic carbocycles. The van der Waals surface area contributed by atoms with Gasteiger partial charge >= 0.3 is 0 Å². The number of hydrogen-bond donors (Lipinski definition) is 3. The Hall–Kier alpha value is -2.02. The van der Waals surface area contributed by atoms with Crippen LogP contribution < -0.4 is 15.5 Å².